The molecule has 3 rings (SSSR count). The zero-order valence-electron chi connectivity index (χ0n) is 16.4. The summed E-state index contributed by atoms with van der Waals surface area (Å²) in [6.45, 7) is 0. The highest BCUT2D eigenvalue weighted by Crippen LogP contribution is 2.52. The maximum Gasteiger partial charge on any atom is 0.303 e. The van der Waals surface area contributed by atoms with Crippen LogP contribution in [0.2, 0.25) is 0 Å². The lowest BCUT2D eigenvalue weighted by Crippen LogP contribution is -2.15. The van der Waals surface area contributed by atoms with Gasteiger partial charge >= 0.3 is 5.97 Å². The van der Waals surface area contributed by atoms with Crippen LogP contribution in [0.15, 0.2) is 35.9 Å². The van der Waals surface area contributed by atoms with E-state index in [1.807, 2.05) is 0 Å². The van der Waals surface area contributed by atoms with Gasteiger partial charge in [0.15, 0.2) is 0 Å². The van der Waals surface area contributed by atoms with Crippen LogP contribution in [0.5, 0.6) is 0 Å². The van der Waals surface area contributed by atoms with Gasteiger partial charge in [-0.1, -0.05) is 68.0 Å². The molecule has 0 saturated heterocycles. The van der Waals surface area contributed by atoms with Crippen LogP contribution in [0.25, 0.3) is 5.57 Å². The first kappa shape index (κ1) is 20.1. The van der Waals surface area contributed by atoms with E-state index in [9.17, 15) is 9.90 Å². The smallest absolute Gasteiger partial charge is 0.303 e. The highest BCUT2D eigenvalue weighted by molar-refractivity contribution is 5.73. The molecular formula is C24H34O3. The van der Waals surface area contributed by atoms with Crippen molar-refractivity contribution in [2.75, 3.05) is 0 Å². The molecule has 2 aliphatic carbocycles. The molecule has 0 bridgehead atoms. The largest absolute Gasteiger partial charge is 0.481 e. The zero-order chi connectivity index (χ0) is 19.1. The molecule has 0 heterocycles. The average Bonchev–Trinajstić information content (AvgIpc) is 3.20. The summed E-state index contributed by atoms with van der Waals surface area (Å²) in [6, 6.07) is 10.8. The fourth-order valence-corrected chi connectivity index (χ4v) is 5.11. The minimum atomic E-state index is -0.677. The summed E-state index contributed by atoms with van der Waals surface area (Å²) in [5.74, 6) is 0.333. The molecule has 1 aromatic carbocycles. The molecule has 1 fully saturated rings. The van der Waals surface area contributed by atoms with Crippen LogP contribution in [0, 0.1) is 11.8 Å². The lowest BCUT2D eigenvalue weighted by atomic mass is 9.89. The van der Waals surface area contributed by atoms with Crippen LogP contribution in [-0.2, 0) is 4.79 Å². The third-order valence-electron chi connectivity index (χ3n) is 6.47. The van der Waals surface area contributed by atoms with Crippen molar-refractivity contribution in [2.45, 2.75) is 83.2 Å². The molecule has 2 aliphatic rings. The molecule has 0 amide bonds. The molecule has 1 aromatic rings. The first-order chi connectivity index (χ1) is 13.2. The second-order valence-electron chi connectivity index (χ2n) is 8.37. The molecule has 0 radical (unpaired) electrons. The van der Waals surface area contributed by atoms with E-state index >= 15 is 0 Å². The molecule has 3 atom stereocenters. The maximum absolute atomic E-state index is 10.5. The van der Waals surface area contributed by atoms with Gasteiger partial charge in [0, 0.05) is 6.42 Å². The second-order valence-corrected chi connectivity index (χ2v) is 8.37. The van der Waals surface area contributed by atoms with Gasteiger partial charge in [0.05, 0.1) is 6.10 Å². The number of benzene rings is 1. The SMILES string of the molecule is O=C(O)CCCCCCCCCC1=C(c2ccccc2)[C@@H]2CC[C@@H](O)[C@@H]2C1. The normalized spacial score (nSPS) is 24.4. The van der Waals surface area contributed by atoms with Crippen molar-refractivity contribution >= 4 is 11.5 Å². The number of aliphatic hydroxyl groups is 1. The summed E-state index contributed by atoms with van der Waals surface area (Å²) in [5.41, 5.74) is 4.51. The van der Waals surface area contributed by atoms with Gasteiger partial charge < -0.3 is 10.2 Å². The Bertz CT molecular complexity index is 634. The van der Waals surface area contributed by atoms with E-state index in [0.717, 1.165) is 38.5 Å². The Balaban J connectivity index is 1.45. The Kier molecular flexibility index (Phi) is 7.51. The number of carboxylic acid groups (broad SMARTS) is 1. The van der Waals surface area contributed by atoms with Crippen LogP contribution in [0.1, 0.15) is 82.6 Å². The van der Waals surface area contributed by atoms with Gasteiger partial charge in [0.1, 0.15) is 0 Å². The Morgan fingerprint density at radius 2 is 1.59 bits per heavy atom. The summed E-state index contributed by atoms with van der Waals surface area (Å²) >= 11 is 0. The number of rotatable bonds is 11. The molecule has 2 N–H and O–H groups in total. The van der Waals surface area contributed by atoms with E-state index in [1.54, 1.807) is 11.1 Å². The molecule has 0 spiro atoms. The lowest BCUT2D eigenvalue weighted by Gasteiger charge is -2.16. The van der Waals surface area contributed by atoms with Gasteiger partial charge in [0.25, 0.3) is 0 Å². The lowest BCUT2D eigenvalue weighted by molar-refractivity contribution is -0.137. The topological polar surface area (TPSA) is 57.5 Å². The number of allylic oxidation sites excluding steroid dienone is 2. The molecule has 148 valence electrons. The summed E-state index contributed by atoms with van der Waals surface area (Å²) in [4.78, 5) is 10.5. The van der Waals surface area contributed by atoms with Crippen molar-refractivity contribution in [1.82, 2.24) is 0 Å². The molecule has 3 heteroatoms. The number of hydrogen-bond acceptors (Lipinski definition) is 2. The van der Waals surface area contributed by atoms with Gasteiger partial charge in [-0.15, -0.1) is 0 Å². The van der Waals surface area contributed by atoms with E-state index in [-0.39, 0.29) is 6.10 Å². The van der Waals surface area contributed by atoms with Crippen LogP contribution in [-0.4, -0.2) is 22.3 Å². The maximum atomic E-state index is 10.5. The number of aliphatic carboxylic acids is 1. The Morgan fingerprint density at radius 3 is 2.30 bits per heavy atom. The molecule has 27 heavy (non-hydrogen) atoms. The molecule has 1 saturated carbocycles. The van der Waals surface area contributed by atoms with Crippen molar-refractivity contribution in [1.29, 1.82) is 0 Å². The van der Waals surface area contributed by atoms with Gasteiger partial charge in [-0.25, -0.2) is 0 Å². The predicted molar refractivity (Wildman–Crippen MR) is 109 cm³/mol. The van der Waals surface area contributed by atoms with Gasteiger partial charge in [-0.3, -0.25) is 4.79 Å². The minimum absolute atomic E-state index is 0.114. The molecule has 3 nitrogen and oxygen atoms in total. The number of unbranched alkanes of at least 4 members (excludes halogenated alkanes) is 6. The van der Waals surface area contributed by atoms with E-state index in [2.05, 4.69) is 30.3 Å². The number of carboxylic acids is 1. The van der Waals surface area contributed by atoms with Gasteiger partial charge in [-0.2, -0.15) is 0 Å². The molecule has 0 aliphatic heterocycles. The molecule has 0 unspecified atom stereocenters. The third-order valence-corrected chi connectivity index (χ3v) is 6.47. The van der Waals surface area contributed by atoms with Crippen LogP contribution in [0.3, 0.4) is 0 Å². The Morgan fingerprint density at radius 1 is 0.926 bits per heavy atom. The fraction of sp³-hybridized carbons (Fsp3) is 0.625. The standard InChI is InChI=1S/C24H34O3/c25-22-16-15-20-21(22)17-19(24(20)18-11-8-6-9-12-18)13-7-4-2-1-3-5-10-14-23(26)27/h6,8-9,11-12,20-22,25H,1-5,7,10,13-17H2,(H,26,27)/t20-,21-,22-/m1/s1. The van der Waals surface area contributed by atoms with E-state index < -0.39 is 5.97 Å². The number of carbonyl (C=O) groups is 1. The number of fused-ring (bicyclic) bond motifs is 1. The van der Waals surface area contributed by atoms with E-state index in [1.165, 1.54) is 37.7 Å². The van der Waals surface area contributed by atoms with Crippen molar-refractivity contribution in [3.8, 4) is 0 Å². The Labute approximate surface area is 163 Å². The zero-order valence-corrected chi connectivity index (χ0v) is 16.4. The summed E-state index contributed by atoms with van der Waals surface area (Å²) < 4.78 is 0. The van der Waals surface area contributed by atoms with E-state index in [0.29, 0.717) is 18.3 Å². The van der Waals surface area contributed by atoms with Crippen molar-refractivity contribution in [3.05, 3.63) is 41.5 Å². The van der Waals surface area contributed by atoms with Crippen LogP contribution >= 0.6 is 0 Å². The van der Waals surface area contributed by atoms with Crippen molar-refractivity contribution in [3.63, 3.8) is 0 Å². The summed E-state index contributed by atoms with van der Waals surface area (Å²) in [7, 11) is 0. The fourth-order valence-electron chi connectivity index (χ4n) is 5.11. The second kappa shape index (κ2) is 10.1. The number of hydrogen-bond donors (Lipinski definition) is 2. The molecule has 0 aromatic heterocycles. The first-order valence-electron chi connectivity index (χ1n) is 10.8. The predicted octanol–water partition coefficient (Wildman–Crippen LogP) is 5.83. The highest BCUT2D eigenvalue weighted by Gasteiger charge is 2.43. The van der Waals surface area contributed by atoms with Crippen LogP contribution in [0.4, 0.5) is 0 Å². The number of aliphatic hydroxyl groups excluding tert-OH is 1. The van der Waals surface area contributed by atoms with Gasteiger partial charge in [0.2, 0.25) is 0 Å². The quantitative estimate of drug-likeness (QED) is 0.482. The Hall–Kier alpha value is -1.61. The van der Waals surface area contributed by atoms with E-state index in [4.69, 9.17) is 5.11 Å². The minimum Gasteiger partial charge on any atom is -0.481 e. The first-order valence-corrected chi connectivity index (χ1v) is 10.8. The summed E-state index contributed by atoms with van der Waals surface area (Å²) in [5, 5.41) is 19.0. The summed E-state index contributed by atoms with van der Waals surface area (Å²) in [6.07, 6.45) is 12.5. The highest BCUT2D eigenvalue weighted by atomic mass is 16.4. The van der Waals surface area contributed by atoms with Crippen molar-refractivity contribution in [2.24, 2.45) is 11.8 Å². The third kappa shape index (κ3) is 5.44. The monoisotopic (exact) mass is 370 g/mol. The molecular weight excluding hydrogens is 336 g/mol. The van der Waals surface area contributed by atoms with Crippen LogP contribution < -0.4 is 0 Å². The van der Waals surface area contributed by atoms with Crippen molar-refractivity contribution < 1.29 is 15.0 Å². The average molecular weight is 371 g/mol. The van der Waals surface area contributed by atoms with Gasteiger partial charge in [-0.05, 0) is 61.5 Å².